The number of thioether (sulfide) groups is 1. The minimum Gasteiger partial charge on any atom is -0.447 e. The van der Waals surface area contributed by atoms with E-state index in [9.17, 15) is 4.79 Å². The Morgan fingerprint density at radius 3 is 2.64 bits per heavy atom. The number of rotatable bonds is 6. The molecule has 2 heterocycles. The summed E-state index contributed by atoms with van der Waals surface area (Å²) in [6.45, 7) is 8.29. The first-order valence-corrected chi connectivity index (χ1v) is 12.5. The van der Waals surface area contributed by atoms with E-state index in [4.69, 9.17) is 21.3 Å². The van der Waals surface area contributed by atoms with Gasteiger partial charge in [0.25, 0.3) is 0 Å². The molecule has 0 spiro atoms. The van der Waals surface area contributed by atoms with Crippen molar-refractivity contribution in [3.8, 4) is 17.1 Å². The van der Waals surface area contributed by atoms with E-state index < -0.39 is 6.23 Å². The Morgan fingerprint density at radius 1 is 1.18 bits per heavy atom. The molecule has 172 valence electrons. The summed E-state index contributed by atoms with van der Waals surface area (Å²) in [5.41, 5.74) is 3.90. The van der Waals surface area contributed by atoms with Crippen LogP contribution in [0.25, 0.3) is 11.3 Å². The molecule has 0 saturated heterocycles. The lowest BCUT2D eigenvalue weighted by atomic mass is 10.0. The van der Waals surface area contributed by atoms with Gasteiger partial charge in [-0.3, -0.25) is 9.69 Å². The molecule has 0 saturated carbocycles. The first kappa shape index (κ1) is 23.5. The van der Waals surface area contributed by atoms with E-state index in [2.05, 4.69) is 24.0 Å². The zero-order chi connectivity index (χ0) is 23.5. The largest absolute Gasteiger partial charge is 0.447 e. The molecule has 33 heavy (non-hydrogen) atoms. The lowest BCUT2D eigenvalue weighted by Gasteiger charge is -2.31. The number of carbonyl (C=O) groups is 1. The van der Waals surface area contributed by atoms with Crippen LogP contribution in [0, 0.1) is 12.8 Å². The molecule has 0 N–H and O–H groups in total. The zero-order valence-electron chi connectivity index (χ0n) is 19.2. The van der Waals surface area contributed by atoms with Gasteiger partial charge >= 0.3 is 0 Å². The average molecular weight is 483 g/mol. The van der Waals surface area contributed by atoms with Crippen LogP contribution in [-0.4, -0.2) is 26.8 Å². The molecule has 0 aliphatic carbocycles. The highest BCUT2D eigenvalue weighted by Gasteiger charge is 2.35. The summed E-state index contributed by atoms with van der Waals surface area (Å²) < 4.78 is 6.47. The molecule has 1 aliphatic rings. The van der Waals surface area contributed by atoms with Gasteiger partial charge in [-0.1, -0.05) is 67.9 Å². The Hall–Kier alpha value is -2.64. The molecule has 1 aromatic heterocycles. The van der Waals surface area contributed by atoms with Gasteiger partial charge in [-0.2, -0.15) is 4.98 Å². The van der Waals surface area contributed by atoms with Crippen LogP contribution in [0.4, 0.5) is 5.69 Å². The van der Waals surface area contributed by atoms with E-state index >= 15 is 0 Å². The first-order valence-electron chi connectivity index (χ1n) is 11.1. The summed E-state index contributed by atoms with van der Waals surface area (Å²) in [5.74, 6) is 1.70. The number of halogens is 1. The molecule has 8 heteroatoms. The van der Waals surface area contributed by atoms with Gasteiger partial charge in [0.05, 0.1) is 5.69 Å². The number of carbonyl (C=O) groups excluding carboxylic acids is 1. The van der Waals surface area contributed by atoms with Crippen LogP contribution >= 0.6 is 23.4 Å². The third kappa shape index (κ3) is 5.14. The van der Waals surface area contributed by atoms with E-state index in [0.717, 1.165) is 34.6 Å². The van der Waals surface area contributed by atoms with Gasteiger partial charge in [0.15, 0.2) is 5.69 Å². The third-order valence-electron chi connectivity index (χ3n) is 5.19. The standard InChI is InChI=1S/C25H27ClN4O2S/c1-5-6-21(31)30-20-12-7-16(4)13-19(20)22-23(27-25(29-28-22)33-14-15(2)3)32-24(30)17-8-10-18(26)11-9-17/h7-13,15,24H,5-6,14H2,1-4H3/t24-/m0/s1. The van der Waals surface area contributed by atoms with Crippen LogP contribution in [0.2, 0.25) is 5.02 Å². The summed E-state index contributed by atoms with van der Waals surface area (Å²) >= 11 is 7.68. The monoisotopic (exact) mass is 482 g/mol. The number of benzene rings is 2. The molecular weight excluding hydrogens is 456 g/mol. The summed E-state index contributed by atoms with van der Waals surface area (Å²) in [4.78, 5) is 19.8. The van der Waals surface area contributed by atoms with Crippen molar-refractivity contribution in [2.24, 2.45) is 5.92 Å². The number of aromatic nitrogens is 3. The van der Waals surface area contributed by atoms with Crippen molar-refractivity contribution < 1.29 is 9.53 Å². The van der Waals surface area contributed by atoms with Gasteiger partial charge in [0.1, 0.15) is 0 Å². The van der Waals surface area contributed by atoms with Gasteiger partial charge in [-0.15, -0.1) is 10.2 Å². The van der Waals surface area contributed by atoms with Crippen molar-refractivity contribution in [2.45, 2.75) is 51.9 Å². The fourth-order valence-electron chi connectivity index (χ4n) is 3.63. The normalized spacial score (nSPS) is 15.0. The predicted octanol–water partition coefficient (Wildman–Crippen LogP) is 6.47. The van der Waals surface area contributed by atoms with E-state index in [1.54, 1.807) is 28.8 Å². The van der Waals surface area contributed by atoms with Gasteiger partial charge < -0.3 is 4.74 Å². The molecule has 1 amide bonds. The lowest BCUT2D eigenvalue weighted by Crippen LogP contribution is -2.37. The maximum atomic E-state index is 13.4. The number of hydrogen-bond acceptors (Lipinski definition) is 6. The minimum atomic E-state index is -0.705. The highest BCUT2D eigenvalue weighted by molar-refractivity contribution is 7.99. The fourth-order valence-corrected chi connectivity index (χ4v) is 4.48. The Morgan fingerprint density at radius 2 is 1.94 bits per heavy atom. The van der Waals surface area contributed by atoms with Crippen molar-refractivity contribution in [3.63, 3.8) is 0 Å². The molecular formula is C25H27ClN4O2S. The van der Waals surface area contributed by atoms with Crippen LogP contribution < -0.4 is 9.64 Å². The van der Waals surface area contributed by atoms with Gasteiger partial charge in [0.2, 0.25) is 23.2 Å². The molecule has 0 bridgehead atoms. The van der Waals surface area contributed by atoms with Crippen LogP contribution in [0.15, 0.2) is 47.6 Å². The van der Waals surface area contributed by atoms with Crippen LogP contribution in [0.1, 0.15) is 51.0 Å². The smallest absolute Gasteiger partial charge is 0.247 e. The first-order chi connectivity index (χ1) is 15.9. The van der Waals surface area contributed by atoms with Crippen molar-refractivity contribution in [3.05, 3.63) is 58.6 Å². The highest BCUT2D eigenvalue weighted by Crippen LogP contribution is 2.44. The molecule has 0 unspecified atom stereocenters. The Balaban J connectivity index is 1.90. The molecule has 0 fully saturated rings. The predicted molar refractivity (Wildman–Crippen MR) is 133 cm³/mol. The van der Waals surface area contributed by atoms with Crippen molar-refractivity contribution in [1.82, 2.24) is 15.2 Å². The number of nitrogens with zero attached hydrogens (tertiary/aromatic N) is 4. The molecule has 6 nitrogen and oxygen atoms in total. The number of fused-ring (bicyclic) bond motifs is 3. The second kappa shape index (κ2) is 10.1. The van der Waals surface area contributed by atoms with Crippen molar-refractivity contribution in [1.29, 1.82) is 0 Å². The molecule has 3 aromatic rings. The summed E-state index contributed by atoms with van der Waals surface area (Å²) in [5, 5.41) is 10.0. The maximum absolute atomic E-state index is 13.4. The van der Waals surface area contributed by atoms with Crippen LogP contribution in [0.5, 0.6) is 5.88 Å². The van der Waals surface area contributed by atoms with Gasteiger partial charge in [-0.25, -0.2) is 0 Å². The van der Waals surface area contributed by atoms with Crippen molar-refractivity contribution in [2.75, 3.05) is 10.7 Å². The molecule has 1 aliphatic heterocycles. The molecule has 0 radical (unpaired) electrons. The quantitative estimate of drug-likeness (QED) is 0.375. The summed E-state index contributed by atoms with van der Waals surface area (Å²) in [7, 11) is 0. The third-order valence-corrected chi connectivity index (χ3v) is 6.71. The Bertz CT molecular complexity index is 1150. The molecule has 1 atom stereocenters. The molecule has 4 rings (SSSR count). The van der Waals surface area contributed by atoms with Crippen molar-refractivity contribution >= 4 is 35.0 Å². The average Bonchev–Trinajstić information content (AvgIpc) is 2.92. The number of anilines is 1. The van der Waals surface area contributed by atoms with Crippen LogP contribution in [-0.2, 0) is 4.79 Å². The van der Waals surface area contributed by atoms with Crippen LogP contribution in [0.3, 0.4) is 0 Å². The second-order valence-corrected chi connectivity index (χ2v) is 9.93. The Labute approximate surface area is 203 Å². The Kier molecular flexibility index (Phi) is 7.20. The van der Waals surface area contributed by atoms with Gasteiger partial charge in [-0.05, 0) is 43.5 Å². The number of hydrogen-bond donors (Lipinski definition) is 0. The van der Waals surface area contributed by atoms with E-state index in [1.165, 1.54) is 0 Å². The highest BCUT2D eigenvalue weighted by atomic mass is 35.5. The fraction of sp³-hybridized carbons (Fsp3) is 0.360. The maximum Gasteiger partial charge on any atom is 0.247 e. The van der Waals surface area contributed by atoms with Gasteiger partial charge in [0, 0.05) is 28.3 Å². The topological polar surface area (TPSA) is 68.2 Å². The lowest BCUT2D eigenvalue weighted by molar-refractivity contribution is -0.120. The van der Waals surface area contributed by atoms with E-state index in [0.29, 0.717) is 34.1 Å². The number of aryl methyl sites for hydroxylation is 1. The SMILES string of the molecule is CCCC(=O)N1c2ccc(C)cc2-c2nnc(SCC(C)C)nc2O[C@H]1c1ccc(Cl)cc1. The second-order valence-electron chi connectivity index (χ2n) is 8.51. The van der Waals surface area contributed by atoms with E-state index in [-0.39, 0.29) is 5.91 Å². The number of ether oxygens (including phenoxy) is 1. The van der Waals surface area contributed by atoms with E-state index in [1.807, 2.05) is 44.2 Å². The summed E-state index contributed by atoms with van der Waals surface area (Å²) in [6, 6.07) is 13.3. The molecule has 2 aromatic carbocycles. The zero-order valence-corrected chi connectivity index (χ0v) is 20.8. The number of amides is 1. The summed E-state index contributed by atoms with van der Waals surface area (Å²) in [6.07, 6.45) is 0.417. The minimum absolute atomic E-state index is 0.0299.